The number of ether oxygens (including phenoxy) is 1. The molecular formula is C25H27F3N6OS. The van der Waals surface area contributed by atoms with E-state index in [0.29, 0.717) is 28.6 Å². The van der Waals surface area contributed by atoms with Gasteiger partial charge >= 0.3 is 6.36 Å². The van der Waals surface area contributed by atoms with Crippen molar-refractivity contribution < 1.29 is 17.9 Å². The molecule has 7 nitrogen and oxygen atoms in total. The molecular weight excluding hydrogens is 489 g/mol. The van der Waals surface area contributed by atoms with Gasteiger partial charge in [-0.25, -0.2) is 4.52 Å². The molecule has 0 unspecified atom stereocenters. The fourth-order valence-electron chi connectivity index (χ4n) is 4.85. The van der Waals surface area contributed by atoms with Gasteiger partial charge in [0.25, 0.3) is 0 Å². The molecule has 5 rings (SSSR count). The van der Waals surface area contributed by atoms with E-state index >= 15 is 0 Å². The average molecular weight is 517 g/mol. The molecule has 1 fully saturated rings. The highest BCUT2D eigenvalue weighted by Gasteiger charge is 2.33. The van der Waals surface area contributed by atoms with Crippen molar-refractivity contribution in [2.45, 2.75) is 45.5 Å². The second-order valence-electron chi connectivity index (χ2n) is 8.96. The van der Waals surface area contributed by atoms with Crippen molar-refractivity contribution in [2.75, 3.05) is 23.3 Å². The molecule has 0 radical (unpaired) electrons. The number of benzene rings is 1. The number of alkyl halides is 3. The first-order valence-electron chi connectivity index (χ1n) is 12.0. The Kier molecular flexibility index (Phi) is 6.74. The van der Waals surface area contributed by atoms with Crippen molar-refractivity contribution >= 4 is 28.1 Å². The fraction of sp³-hybridized carbons (Fsp3) is 0.400. The molecule has 1 saturated carbocycles. The van der Waals surface area contributed by atoms with E-state index in [-0.39, 0.29) is 11.8 Å². The number of anilines is 2. The maximum Gasteiger partial charge on any atom is 0.573 e. The lowest BCUT2D eigenvalue weighted by atomic mass is 10.0. The van der Waals surface area contributed by atoms with Gasteiger partial charge in [0.2, 0.25) is 5.95 Å². The minimum absolute atomic E-state index is 0.203. The maximum absolute atomic E-state index is 13.0. The molecule has 3 heterocycles. The second kappa shape index (κ2) is 9.96. The smallest absolute Gasteiger partial charge is 0.405 e. The molecule has 0 saturated heterocycles. The molecule has 190 valence electrons. The van der Waals surface area contributed by atoms with Crippen molar-refractivity contribution in [1.29, 1.82) is 0 Å². The highest BCUT2D eigenvalue weighted by molar-refractivity contribution is 7.10. The largest absolute Gasteiger partial charge is 0.573 e. The van der Waals surface area contributed by atoms with Crippen LogP contribution in [0.1, 0.15) is 31.9 Å². The molecule has 4 aromatic rings. The summed E-state index contributed by atoms with van der Waals surface area (Å²) in [6.07, 6.45) is 0.175. The number of nitrogens with zero attached hydrogens (tertiary/aromatic N) is 5. The first-order valence-corrected chi connectivity index (χ1v) is 12.7. The number of fused-ring (bicyclic) bond motifs is 1. The number of para-hydroxylation sites is 1. The lowest BCUT2D eigenvalue weighted by Gasteiger charge is -2.28. The lowest BCUT2D eigenvalue weighted by Crippen LogP contribution is -2.35. The fourth-order valence-corrected chi connectivity index (χ4v) is 5.68. The van der Waals surface area contributed by atoms with Crippen LogP contribution in [0.3, 0.4) is 0 Å². The Labute approximate surface area is 211 Å². The van der Waals surface area contributed by atoms with Gasteiger partial charge in [0.05, 0.1) is 5.69 Å². The minimum atomic E-state index is -4.79. The molecule has 2 atom stereocenters. The third kappa shape index (κ3) is 5.25. The van der Waals surface area contributed by atoms with Crippen molar-refractivity contribution in [1.82, 2.24) is 19.0 Å². The van der Waals surface area contributed by atoms with Crippen LogP contribution in [0.25, 0.3) is 16.8 Å². The van der Waals surface area contributed by atoms with E-state index in [9.17, 15) is 13.2 Å². The molecule has 1 aliphatic rings. The summed E-state index contributed by atoms with van der Waals surface area (Å²) in [5.41, 5.74) is 2.31. The topological polar surface area (TPSA) is 67.6 Å². The minimum Gasteiger partial charge on any atom is -0.405 e. The van der Waals surface area contributed by atoms with Gasteiger partial charge < -0.3 is 15.0 Å². The molecule has 0 spiro atoms. The molecule has 0 bridgehead atoms. The molecule has 1 aromatic carbocycles. The van der Waals surface area contributed by atoms with E-state index in [1.165, 1.54) is 28.7 Å². The van der Waals surface area contributed by atoms with Crippen LogP contribution in [0, 0.1) is 12.8 Å². The average Bonchev–Trinajstić information content (AvgIpc) is 3.56. The van der Waals surface area contributed by atoms with Crippen LogP contribution in [0.15, 0.2) is 48.7 Å². The standard InChI is InChI=1S/C25H27F3N6OS/c1-3-33(22-14-16(2)32-36-22)15-17-8-6-11-20(17)29-24-30-23-19(10-7-13-34(23)31-24)18-9-4-5-12-21(18)35-25(26,27)28/h4-5,7,9-10,12-14,17,20H,3,6,8,11,15H2,1-2H3,(H,29,31)/t17-,20+/m1/s1. The van der Waals surface area contributed by atoms with Gasteiger partial charge in [-0.05, 0) is 68.4 Å². The summed E-state index contributed by atoms with van der Waals surface area (Å²) in [5, 5.41) is 9.25. The summed E-state index contributed by atoms with van der Waals surface area (Å²) < 4.78 is 49.2. The van der Waals surface area contributed by atoms with Crippen molar-refractivity contribution in [3.63, 3.8) is 0 Å². The van der Waals surface area contributed by atoms with Crippen LogP contribution in [-0.2, 0) is 0 Å². The zero-order chi connectivity index (χ0) is 25.3. The van der Waals surface area contributed by atoms with E-state index in [2.05, 4.69) is 42.4 Å². The number of hydrogen-bond acceptors (Lipinski definition) is 7. The normalized spacial score (nSPS) is 18.0. The van der Waals surface area contributed by atoms with Crippen molar-refractivity contribution in [3.8, 4) is 16.9 Å². The van der Waals surface area contributed by atoms with E-state index in [4.69, 9.17) is 0 Å². The SMILES string of the molecule is CCN(C[C@H]1CCC[C@@H]1Nc1nc2c(-c3ccccc3OC(F)(F)F)cccn2n1)c1cc(C)ns1. The third-order valence-electron chi connectivity index (χ3n) is 6.50. The van der Waals surface area contributed by atoms with E-state index in [1.807, 2.05) is 6.92 Å². The first-order chi connectivity index (χ1) is 17.3. The molecule has 3 aromatic heterocycles. The first kappa shape index (κ1) is 24.4. The van der Waals surface area contributed by atoms with Crippen LogP contribution in [-0.4, -0.2) is 44.5 Å². The van der Waals surface area contributed by atoms with Crippen LogP contribution in [0.5, 0.6) is 5.75 Å². The number of halogens is 3. The van der Waals surface area contributed by atoms with Crippen LogP contribution >= 0.6 is 11.5 Å². The van der Waals surface area contributed by atoms with Crippen molar-refractivity contribution in [3.05, 3.63) is 54.4 Å². The number of rotatable bonds is 8. The predicted molar refractivity (Wildman–Crippen MR) is 135 cm³/mol. The molecule has 11 heteroatoms. The summed E-state index contributed by atoms with van der Waals surface area (Å²) >= 11 is 1.52. The van der Waals surface area contributed by atoms with Gasteiger partial charge in [-0.1, -0.05) is 24.6 Å². The zero-order valence-corrected chi connectivity index (χ0v) is 20.8. The third-order valence-corrected chi connectivity index (χ3v) is 7.45. The number of aromatic nitrogens is 4. The van der Waals surface area contributed by atoms with Crippen molar-refractivity contribution in [2.24, 2.45) is 5.92 Å². The molecule has 0 amide bonds. The molecule has 36 heavy (non-hydrogen) atoms. The Morgan fingerprint density at radius 2 is 1.97 bits per heavy atom. The Morgan fingerprint density at radius 3 is 2.72 bits per heavy atom. The monoisotopic (exact) mass is 516 g/mol. The van der Waals surface area contributed by atoms with Gasteiger partial charge in [-0.15, -0.1) is 18.3 Å². The van der Waals surface area contributed by atoms with E-state index < -0.39 is 6.36 Å². The van der Waals surface area contributed by atoms with Crippen LogP contribution < -0.4 is 15.0 Å². The molecule has 0 aliphatic heterocycles. The predicted octanol–water partition coefficient (Wildman–Crippen LogP) is 6.17. The summed E-state index contributed by atoms with van der Waals surface area (Å²) in [6, 6.07) is 11.9. The molecule has 1 N–H and O–H groups in total. The number of nitrogens with one attached hydrogen (secondary N) is 1. The van der Waals surface area contributed by atoms with Gasteiger partial charge in [0.1, 0.15) is 10.8 Å². The Hall–Kier alpha value is -3.34. The Bertz CT molecular complexity index is 1340. The number of aryl methyl sites for hydroxylation is 1. The zero-order valence-electron chi connectivity index (χ0n) is 20.0. The Morgan fingerprint density at radius 1 is 1.17 bits per heavy atom. The summed E-state index contributed by atoms with van der Waals surface area (Å²) in [5.74, 6) is 0.606. The van der Waals surface area contributed by atoms with Gasteiger partial charge in [0, 0.05) is 36.5 Å². The second-order valence-corrected chi connectivity index (χ2v) is 9.74. The number of pyridine rings is 1. The molecule has 1 aliphatic carbocycles. The lowest BCUT2D eigenvalue weighted by molar-refractivity contribution is -0.274. The highest BCUT2D eigenvalue weighted by atomic mass is 32.1. The van der Waals surface area contributed by atoms with Gasteiger partial charge in [-0.3, -0.25) is 0 Å². The maximum atomic E-state index is 13.0. The summed E-state index contributed by atoms with van der Waals surface area (Å²) in [7, 11) is 0. The van der Waals surface area contributed by atoms with E-state index in [0.717, 1.165) is 38.0 Å². The highest BCUT2D eigenvalue weighted by Crippen LogP contribution is 2.36. The summed E-state index contributed by atoms with van der Waals surface area (Å²) in [4.78, 5) is 7.03. The van der Waals surface area contributed by atoms with Crippen LogP contribution in [0.2, 0.25) is 0 Å². The van der Waals surface area contributed by atoms with Crippen LogP contribution in [0.4, 0.5) is 24.1 Å². The Balaban J connectivity index is 1.38. The van der Waals surface area contributed by atoms with E-state index in [1.54, 1.807) is 35.0 Å². The number of hydrogen-bond donors (Lipinski definition) is 1. The summed E-state index contributed by atoms with van der Waals surface area (Å²) in [6.45, 7) is 5.97. The van der Waals surface area contributed by atoms with Gasteiger partial charge in [0.15, 0.2) is 5.65 Å². The quantitative estimate of drug-likeness (QED) is 0.302. The van der Waals surface area contributed by atoms with Gasteiger partial charge in [-0.2, -0.15) is 9.36 Å².